The SMILES string of the molecule is Cc1cc(C(C)(C)C)c(C(=[N+]=[N-])C(=O)[O-])c(C(C)(C)C)c1. The minimum Gasteiger partial charge on any atom is -0.539 e. The zero-order chi connectivity index (χ0) is 16.6. The Balaban J connectivity index is 3.96. The largest absolute Gasteiger partial charge is 0.539 e. The van der Waals surface area contributed by atoms with Gasteiger partial charge in [-0.1, -0.05) is 59.2 Å². The molecule has 1 aromatic carbocycles. The maximum absolute atomic E-state index is 11.4. The van der Waals surface area contributed by atoms with Crippen molar-refractivity contribution in [1.29, 1.82) is 0 Å². The van der Waals surface area contributed by atoms with Crippen LogP contribution in [-0.2, 0) is 15.6 Å². The number of hydrogen-bond acceptors (Lipinski definition) is 2. The fraction of sp³-hybridized carbons (Fsp3) is 0.529. The van der Waals surface area contributed by atoms with Crippen LogP contribution >= 0.6 is 0 Å². The molecule has 0 saturated heterocycles. The molecule has 1 rings (SSSR count). The Hall–Kier alpha value is -1.93. The van der Waals surface area contributed by atoms with Crippen molar-refractivity contribution in [3.63, 3.8) is 0 Å². The molecule has 0 N–H and O–H groups in total. The Bertz CT molecular complexity index is 590. The lowest BCUT2D eigenvalue weighted by Gasteiger charge is -2.29. The number of carboxylic acids is 1. The summed E-state index contributed by atoms with van der Waals surface area (Å²) in [6.45, 7) is 14.0. The van der Waals surface area contributed by atoms with Gasteiger partial charge in [-0.25, -0.2) is 0 Å². The minimum atomic E-state index is -1.47. The van der Waals surface area contributed by atoms with Gasteiger partial charge in [-0.3, -0.25) is 0 Å². The number of aryl methyl sites for hydroxylation is 1. The zero-order valence-corrected chi connectivity index (χ0v) is 13.9. The van der Waals surface area contributed by atoms with Crippen LogP contribution in [0.1, 0.15) is 63.8 Å². The monoisotopic (exact) mass is 287 g/mol. The van der Waals surface area contributed by atoms with Crippen LogP contribution < -0.4 is 5.11 Å². The number of carbonyl (C=O) groups is 1. The predicted molar refractivity (Wildman–Crippen MR) is 81.3 cm³/mol. The van der Waals surface area contributed by atoms with Crippen molar-refractivity contribution in [1.82, 2.24) is 0 Å². The van der Waals surface area contributed by atoms with E-state index in [1.165, 1.54) is 0 Å². The van der Waals surface area contributed by atoms with Crippen LogP contribution in [0.2, 0.25) is 0 Å². The van der Waals surface area contributed by atoms with E-state index in [2.05, 4.69) is 4.79 Å². The van der Waals surface area contributed by atoms with Crippen molar-refractivity contribution in [2.24, 2.45) is 0 Å². The van der Waals surface area contributed by atoms with Gasteiger partial charge in [-0.15, -0.1) is 0 Å². The smallest absolute Gasteiger partial charge is 0.345 e. The zero-order valence-electron chi connectivity index (χ0n) is 13.9. The lowest BCUT2D eigenvalue weighted by molar-refractivity contribution is -0.297. The summed E-state index contributed by atoms with van der Waals surface area (Å²) in [5.74, 6) is -1.47. The minimum absolute atomic E-state index is 0.285. The summed E-state index contributed by atoms with van der Waals surface area (Å²) in [6.07, 6.45) is 0. The number of benzene rings is 1. The molecule has 0 heterocycles. The van der Waals surface area contributed by atoms with E-state index in [0.29, 0.717) is 5.56 Å². The molecule has 0 radical (unpaired) electrons. The summed E-state index contributed by atoms with van der Waals surface area (Å²) in [4.78, 5) is 14.4. The molecule has 114 valence electrons. The first-order chi connectivity index (χ1) is 9.39. The molecular formula is C17H23N2O2-. The highest BCUT2D eigenvalue weighted by molar-refractivity contribution is 6.40. The summed E-state index contributed by atoms with van der Waals surface area (Å²) in [6, 6.07) is 3.89. The summed E-state index contributed by atoms with van der Waals surface area (Å²) in [5.41, 5.74) is 11.4. The molecule has 0 amide bonds. The lowest BCUT2D eigenvalue weighted by atomic mass is 9.74. The number of carbonyl (C=O) groups excluding carboxylic acids is 1. The standard InChI is InChI=1S/C17H24N2O2/c1-10-8-11(16(2,3)4)13(14(19-18)15(20)21)12(9-10)17(5,6)7/h8-9H,1-7H3,(H,20,21)/p-1. The van der Waals surface area contributed by atoms with E-state index in [-0.39, 0.29) is 10.8 Å². The van der Waals surface area contributed by atoms with Gasteiger partial charge in [0, 0.05) is 0 Å². The second-order valence-electron chi connectivity index (χ2n) is 7.47. The van der Waals surface area contributed by atoms with Crippen molar-refractivity contribution in [2.45, 2.75) is 59.3 Å². The van der Waals surface area contributed by atoms with Crippen LogP contribution in [0.25, 0.3) is 5.53 Å². The van der Waals surface area contributed by atoms with Gasteiger partial charge in [-0.2, -0.15) is 4.79 Å². The Morgan fingerprint density at radius 2 is 1.43 bits per heavy atom. The average Bonchev–Trinajstić information content (AvgIpc) is 2.28. The number of rotatable bonds is 2. The van der Waals surface area contributed by atoms with Crippen LogP contribution in [-0.4, -0.2) is 16.5 Å². The molecular weight excluding hydrogens is 264 g/mol. The normalized spacial score (nSPS) is 12.0. The fourth-order valence-electron chi connectivity index (χ4n) is 2.42. The third kappa shape index (κ3) is 3.59. The van der Waals surface area contributed by atoms with E-state index in [4.69, 9.17) is 5.53 Å². The molecule has 21 heavy (non-hydrogen) atoms. The fourth-order valence-corrected chi connectivity index (χ4v) is 2.42. The molecule has 0 aliphatic heterocycles. The molecule has 0 bridgehead atoms. The van der Waals surface area contributed by atoms with Gasteiger partial charge >= 0.3 is 5.71 Å². The van der Waals surface area contributed by atoms with E-state index in [0.717, 1.165) is 16.7 Å². The predicted octanol–water partition coefficient (Wildman–Crippen LogP) is 2.36. The van der Waals surface area contributed by atoms with Crippen molar-refractivity contribution in [2.75, 3.05) is 0 Å². The van der Waals surface area contributed by atoms with Crippen LogP contribution in [0, 0.1) is 6.92 Å². The molecule has 0 unspecified atom stereocenters. The second-order valence-corrected chi connectivity index (χ2v) is 7.47. The molecule has 4 heteroatoms. The average molecular weight is 287 g/mol. The molecule has 0 aliphatic carbocycles. The van der Waals surface area contributed by atoms with Gasteiger partial charge in [0.1, 0.15) is 0 Å². The van der Waals surface area contributed by atoms with Gasteiger partial charge in [0.2, 0.25) is 0 Å². The Kier molecular flexibility index (Phi) is 4.45. The molecule has 0 fully saturated rings. The summed E-state index contributed by atoms with van der Waals surface area (Å²) < 4.78 is 0. The molecule has 0 saturated carbocycles. The number of aliphatic carboxylic acids is 1. The first-order valence-electron chi connectivity index (χ1n) is 6.99. The highest BCUT2D eigenvalue weighted by atomic mass is 16.4. The maximum Gasteiger partial charge on any atom is 0.345 e. The van der Waals surface area contributed by atoms with Crippen LogP contribution in [0.5, 0.6) is 0 Å². The molecule has 1 aromatic rings. The van der Waals surface area contributed by atoms with E-state index < -0.39 is 11.7 Å². The van der Waals surface area contributed by atoms with E-state index >= 15 is 0 Å². The van der Waals surface area contributed by atoms with Gasteiger partial charge in [0.15, 0.2) is 5.97 Å². The Morgan fingerprint density at radius 1 is 1.05 bits per heavy atom. The van der Waals surface area contributed by atoms with Gasteiger partial charge in [0.05, 0.1) is 5.56 Å². The van der Waals surface area contributed by atoms with Crippen LogP contribution in [0.4, 0.5) is 0 Å². The van der Waals surface area contributed by atoms with Crippen molar-refractivity contribution in [3.8, 4) is 0 Å². The van der Waals surface area contributed by atoms with Crippen LogP contribution in [0.15, 0.2) is 12.1 Å². The first kappa shape index (κ1) is 17.1. The molecule has 4 nitrogen and oxygen atoms in total. The van der Waals surface area contributed by atoms with E-state index in [9.17, 15) is 9.90 Å². The highest BCUT2D eigenvalue weighted by Gasteiger charge is 2.32. The van der Waals surface area contributed by atoms with Crippen molar-refractivity contribution in [3.05, 3.63) is 39.9 Å². The second kappa shape index (κ2) is 5.45. The quantitative estimate of drug-likeness (QED) is 0.475. The number of hydrogen-bond donors (Lipinski definition) is 0. The maximum atomic E-state index is 11.4. The molecule has 0 aliphatic rings. The van der Waals surface area contributed by atoms with E-state index in [1.54, 1.807) is 0 Å². The van der Waals surface area contributed by atoms with Crippen molar-refractivity contribution < 1.29 is 14.7 Å². The van der Waals surface area contributed by atoms with E-state index in [1.807, 2.05) is 60.6 Å². The first-order valence-corrected chi connectivity index (χ1v) is 6.99. The Labute approximate surface area is 126 Å². The number of nitrogens with zero attached hydrogens (tertiary/aromatic N) is 2. The molecule has 0 aromatic heterocycles. The summed E-state index contributed by atoms with van der Waals surface area (Å²) in [5, 5.41) is 11.4. The third-order valence-electron chi connectivity index (χ3n) is 3.43. The number of carboxylic acid groups (broad SMARTS) is 1. The lowest BCUT2D eigenvalue weighted by Crippen LogP contribution is -2.37. The Morgan fingerprint density at radius 3 is 1.67 bits per heavy atom. The topological polar surface area (TPSA) is 76.5 Å². The van der Waals surface area contributed by atoms with Gasteiger partial charge in [-0.05, 0) is 28.9 Å². The highest BCUT2D eigenvalue weighted by Crippen LogP contribution is 2.35. The third-order valence-corrected chi connectivity index (χ3v) is 3.43. The summed E-state index contributed by atoms with van der Waals surface area (Å²) >= 11 is 0. The molecule has 0 atom stereocenters. The van der Waals surface area contributed by atoms with Crippen molar-refractivity contribution >= 4 is 11.7 Å². The van der Waals surface area contributed by atoms with Gasteiger partial charge in [0.25, 0.3) is 0 Å². The molecule has 0 spiro atoms. The van der Waals surface area contributed by atoms with Crippen LogP contribution in [0.3, 0.4) is 0 Å². The summed E-state index contributed by atoms with van der Waals surface area (Å²) in [7, 11) is 0. The van der Waals surface area contributed by atoms with Gasteiger partial charge < -0.3 is 15.4 Å².